The molecule has 1 aliphatic heterocycles. The van der Waals surface area contributed by atoms with Crippen molar-refractivity contribution < 1.29 is 14.3 Å². The number of ether oxygens (including phenoxy) is 1. The molecule has 3 aliphatic carbocycles. The number of nitrogens with one attached hydrogen (secondary N) is 1. The molecular formula is C39H43NO3. The topological polar surface area (TPSA) is 55.4 Å². The van der Waals surface area contributed by atoms with E-state index in [-0.39, 0.29) is 40.8 Å². The van der Waals surface area contributed by atoms with Crippen LogP contribution in [0, 0.1) is 43.4 Å². The summed E-state index contributed by atoms with van der Waals surface area (Å²) in [6, 6.07) is 17.1. The van der Waals surface area contributed by atoms with Gasteiger partial charge in [-0.05, 0) is 95.9 Å². The Balaban J connectivity index is 1.48. The number of carbonyl (C=O) groups excluding carboxylic acids is 2. The van der Waals surface area contributed by atoms with Crippen LogP contribution in [-0.2, 0) is 14.3 Å². The number of fused-ring (bicyclic) bond motifs is 5. The first kappa shape index (κ1) is 28.1. The van der Waals surface area contributed by atoms with Crippen LogP contribution in [0.3, 0.4) is 0 Å². The van der Waals surface area contributed by atoms with Crippen LogP contribution in [0.4, 0.5) is 5.69 Å². The normalized spacial score (nSPS) is 29.9. The van der Waals surface area contributed by atoms with E-state index in [2.05, 4.69) is 101 Å². The zero-order valence-electron chi connectivity index (χ0n) is 26.6. The van der Waals surface area contributed by atoms with Gasteiger partial charge >= 0.3 is 5.97 Å². The van der Waals surface area contributed by atoms with Crippen LogP contribution in [0.15, 0.2) is 71.5 Å². The lowest BCUT2D eigenvalue weighted by molar-refractivity contribution is -0.145. The number of esters is 1. The number of anilines is 1. The zero-order chi connectivity index (χ0) is 30.4. The minimum absolute atomic E-state index is 0.103. The molecule has 7 rings (SSSR count). The maximum Gasteiger partial charge on any atom is 0.315 e. The predicted octanol–water partition coefficient (Wildman–Crippen LogP) is 8.85. The summed E-state index contributed by atoms with van der Waals surface area (Å²) in [7, 11) is 1.47. The number of rotatable bonds is 3. The van der Waals surface area contributed by atoms with Crippen molar-refractivity contribution in [3.63, 3.8) is 0 Å². The fraction of sp³-hybridized carbons (Fsp3) is 0.436. The van der Waals surface area contributed by atoms with E-state index in [4.69, 9.17) is 4.74 Å². The minimum Gasteiger partial charge on any atom is -0.468 e. The molecule has 1 heterocycles. The van der Waals surface area contributed by atoms with Crippen molar-refractivity contribution in [2.24, 2.45) is 22.7 Å². The molecule has 2 unspecified atom stereocenters. The number of ketones is 1. The number of carbonyl (C=O) groups is 2. The van der Waals surface area contributed by atoms with E-state index in [1.807, 2.05) is 0 Å². The van der Waals surface area contributed by atoms with E-state index in [0.717, 1.165) is 56.4 Å². The van der Waals surface area contributed by atoms with Crippen LogP contribution >= 0.6 is 0 Å². The Bertz CT molecular complexity index is 1750. The molecule has 0 radical (unpaired) electrons. The Hall–Kier alpha value is -3.66. The van der Waals surface area contributed by atoms with Crippen LogP contribution in [0.1, 0.15) is 86.1 Å². The number of hydrogen-bond acceptors (Lipinski definition) is 4. The lowest BCUT2D eigenvalue weighted by Crippen LogP contribution is -2.40. The van der Waals surface area contributed by atoms with Crippen LogP contribution in [0.5, 0.6) is 0 Å². The van der Waals surface area contributed by atoms with Crippen molar-refractivity contribution in [3.05, 3.63) is 99.3 Å². The fourth-order valence-electron chi connectivity index (χ4n) is 9.55. The number of benzene rings is 3. The molecule has 0 aromatic heterocycles. The monoisotopic (exact) mass is 573 g/mol. The van der Waals surface area contributed by atoms with Crippen LogP contribution in [0.25, 0.3) is 10.8 Å². The highest BCUT2D eigenvalue weighted by Gasteiger charge is 2.59. The summed E-state index contributed by atoms with van der Waals surface area (Å²) in [4.78, 5) is 28.4. The van der Waals surface area contributed by atoms with Gasteiger partial charge in [-0.3, -0.25) is 9.59 Å². The summed E-state index contributed by atoms with van der Waals surface area (Å²) in [6.07, 6.45) is 6.26. The van der Waals surface area contributed by atoms with Crippen molar-refractivity contribution in [3.8, 4) is 0 Å². The third-order valence-electron chi connectivity index (χ3n) is 12.1. The number of Topliss-reactive ketones (excluding diaryl/α,β-unsaturated/α-hetero) is 1. The highest BCUT2D eigenvalue weighted by molar-refractivity contribution is 6.06. The Kier molecular flexibility index (Phi) is 6.33. The number of allylic oxidation sites excluding steroid dienone is 3. The largest absolute Gasteiger partial charge is 0.468 e. The molecule has 3 aromatic carbocycles. The van der Waals surface area contributed by atoms with E-state index in [9.17, 15) is 9.59 Å². The van der Waals surface area contributed by atoms with Crippen molar-refractivity contribution in [2.45, 2.75) is 79.1 Å². The third kappa shape index (κ3) is 3.94. The molecule has 4 nitrogen and oxygen atoms in total. The van der Waals surface area contributed by atoms with Gasteiger partial charge in [-0.25, -0.2) is 0 Å². The third-order valence-corrected chi connectivity index (χ3v) is 12.1. The standard InChI is InChI=1S/C39H43NO3/c1-21-16-22(2)32(23(3)17-21)29-20-31(41)34-28(19-26-18-25-14-15-39(26,6)38(25,4)5)33-27-11-9-8-10-24(27)12-13-30(33)40-36(34)35(29)37(42)43-7/h8-13,16-17,19,25,28-29,35,40H,14-15,18,20H2,1-7H3/t25?,28-,29-,35-,39?/m0/s1. The van der Waals surface area contributed by atoms with Gasteiger partial charge in [-0.15, -0.1) is 0 Å². The Morgan fingerprint density at radius 2 is 1.70 bits per heavy atom. The van der Waals surface area contributed by atoms with Crippen molar-refractivity contribution >= 4 is 28.2 Å². The lowest BCUT2D eigenvalue weighted by atomic mass is 9.65. The van der Waals surface area contributed by atoms with Gasteiger partial charge in [0.25, 0.3) is 0 Å². The highest BCUT2D eigenvalue weighted by Crippen LogP contribution is 2.68. The quantitative estimate of drug-likeness (QED) is 0.251. The van der Waals surface area contributed by atoms with Gasteiger partial charge < -0.3 is 10.1 Å². The highest BCUT2D eigenvalue weighted by atomic mass is 16.5. The number of hydrogen-bond donors (Lipinski definition) is 1. The molecule has 2 fully saturated rings. The van der Waals surface area contributed by atoms with Gasteiger partial charge in [0, 0.05) is 35.2 Å². The first-order valence-electron chi connectivity index (χ1n) is 15.9. The predicted molar refractivity (Wildman–Crippen MR) is 173 cm³/mol. The van der Waals surface area contributed by atoms with Gasteiger partial charge in [-0.2, -0.15) is 0 Å². The molecule has 3 aromatic rings. The molecule has 2 bridgehead atoms. The zero-order valence-corrected chi connectivity index (χ0v) is 26.6. The fourth-order valence-corrected chi connectivity index (χ4v) is 9.55. The average Bonchev–Trinajstić information content (AvgIpc) is 3.29. The van der Waals surface area contributed by atoms with Crippen LogP contribution in [-0.4, -0.2) is 18.9 Å². The van der Waals surface area contributed by atoms with Crippen LogP contribution < -0.4 is 5.32 Å². The van der Waals surface area contributed by atoms with Crippen molar-refractivity contribution in [1.29, 1.82) is 0 Å². The van der Waals surface area contributed by atoms with Gasteiger partial charge in [0.15, 0.2) is 5.78 Å². The molecule has 0 amide bonds. The maximum absolute atomic E-state index is 14.6. The smallest absolute Gasteiger partial charge is 0.315 e. The Morgan fingerprint density at radius 1 is 0.977 bits per heavy atom. The molecule has 4 aliphatic rings. The van der Waals surface area contributed by atoms with Gasteiger partial charge in [0.05, 0.1) is 7.11 Å². The Labute approximate surface area is 255 Å². The second kappa shape index (κ2) is 9.67. The van der Waals surface area contributed by atoms with Gasteiger partial charge in [-0.1, -0.05) is 80.4 Å². The Morgan fingerprint density at radius 3 is 2.35 bits per heavy atom. The first-order chi connectivity index (χ1) is 20.5. The molecule has 2 saturated carbocycles. The summed E-state index contributed by atoms with van der Waals surface area (Å²) >= 11 is 0. The summed E-state index contributed by atoms with van der Waals surface area (Å²) in [5.41, 5.74) is 9.90. The van der Waals surface area contributed by atoms with E-state index < -0.39 is 5.92 Å². The van der Waals surface area contributed by atoms with Gasteiger partial charge in [0.1, 0.15) is 5.92 Å². The SMILES string of the molecule is COC(=O)[C@@H]1C2=C(C(=O)C[C@H]1c1c(C)cc(C)cc1C)[C@@H](C=C1CC3CCC1(C)C3(C)C)c1c(ccc3ccccc13)N2. The second-order valence-electron chi connectivity index (χ2n) is 14.4. The van der Waals surface area contributed by atoms with E-state index in [1.165, 1.54) is 31.1 Å². The first-order valence-corrected chi connectivity index (χ1v) is 15.9. The van der Waals surface area contributed by atoms with Gasteiger partial charge in [0.2, 0.25) is 0 Å². The van der Waals surface area contributed by atoms with E-state index in [1.54, 1.807) is 0 Å². The van der Waals surface area contributed by atoms with Crippen molar-refractivity contribution in [2.75, 3.05) is 12.4 Å². The van der Waals surface area contributed by atoms with Crippen molar-refractivity contribution in [1.82, 2.24) is 0 Å². The van der Waals surface area contributed by atoms with E-state index >= 15 is 0 Å². The molecule has 0 saturated heterocycles. The minimum atomic E-state index is -0.592. The summed E-state index contributed by atoms with van der Waals surface area (Å²) in [6.45, 7) is 13.6. The lowest BCUT2D eigenvalue weighted by Gasteiger charge is -2.41. The summed E-state index contributed by atoms with van der Waals surface area (Å²) in [5, 5.41) is 5.99. The molecule has 222 valence electrons. The molecular weight excluding hydrogens is 530 g/mol. The summed E-state index contributed by atoms with van der Waals surface area (Å²) < 4.78 is 5.50. The molecule has 0 spiro atoms. The molecule has 1 N–H and O–H groups in total. The molecule has 5 atom stereocenters. The van der Waals surface area contributed by atoms with Crippen LogP contribution in [0.2, 0.25) is 0 Å². The second-order valence-corrected chi connectivity index (χ2v) is 14.4. The van der Waals surface area contributed by atoms with E-state index in [0.29, 0.717) is 5.92 Å². The molecule has 43 heavy (non-hydrogen) atoms. The average molecular weight is 574 g/mol. The summed E-state index contributed by atoms with van der Waals surface area (Å²) in [5.74, 6) is -0.611. The molecule has 4 heteroatoms. The number of methoxy groups -OCH3 is 1. The number of aryl methyl sites for hydroxylation is 3. The maximum atomic E-state index is 14.6.